The van der Waals surface area contributed by atoms with Crippen molar-refractivity contribution < 1.29 is 4.39 Å². The molecular weight excluding hydrogens is 291 g/mol. The third kappa shape index (κ3) is 2.40. The van der Waals surface area contributed by atoms with E-state index in [4.69, 9.17) is 0 Å². The molecule has 114 valence electrons. The fourth-order valence-corrected chi connectivity index (χ4v) is 2.87. The predicted molar refractivity (Wildman–Crippen MR) is 87.3 cm³/mol. The van der Waals surface area contributed by atoms with Crippen molar-refractivity contribution in [3.8, 4) is 0 Å². The summed E-state index contributed by atoms with van der Waals surface area (Å²) < 4.78 is 15.0. The summed E-state index contributed by atoms with van der Waals surface area (Å²) in [7, 11) is 0. The summed E-state index contributed by atoms with van der Waals surface area (Å²) in [6.07, 6.45) is 3.63. The first kappa shape index (κ1) is 13.7. The number of nitrogens with zero attached hydrogens (tertiary/aromatic N) is 3. The maximum Gasteiger partial charge on any atom is 0.226 e. The summed E-state index contributed by atoms with van der Waals surface area (Å²) in [5.74, 6) is 0.434. The van der Waals surface area contributed by atoms with E-state index in [2.05, 4.69) is 40.5 Å². The molecule has 1 N–H and O–H groups in total. The normalized spacial score (nSPS) is 16.4. The smallest absolute Gasteiger partial charge is 0.226 e. The van der Waals surface area contributed by atoms with Crippen molar-refractivity contribution >= 4 is 11.6 Å². The van der Waals surface area contributed by atoms with Crippen LogP contribution in [0, 0.1) is 12.7 Å². The van der Waals surface area contributed by atoms with Crippen molar-refractivity contribution in [2.45, 2.75) is 13.0 Å². The van der Waals surface area contributed by atoms with Gasteiger partial charge in [0, 0.05) is 5.70 Å². The molecule has 1 aliphatic rings. The van der Waals surface area contributed by atoms with Crippen molar-refractivity contribution in [2.75, 3.05) is 5.32 Å². The van der Waals surface area contributed by atoms with Gasteiger partial charge in [0.25, 0.3) is 0 Å². The molecule has 1 aliphatic heterocycles. The first-order valence-corrected chi connectivity index (χ1v) is 7.42. The summed E-state index contributed by atoms with van der Waals surface area (Å²) >= 11 is 0. The number of benzene rings is 2. The Morgan fingerprint density at radius 2 is 1.87 bits per heavy atom. The number of allylic oxidation sites excluding steroid dienone is 1. The van der Waals surface area contributed by atoms with Gasteiger partial charge < -0.3 is 5.32 Å². The average molecular weight is 306 g/mol. The average Bonchev–Trinajstić information content (AvgIpc) is 3.04. The van der Waals surface area contributed by atoms with Gasteiger partial charge in [0.1, 0.15) is 18.2 Å². The number of hydrogen-bond donors (Lipinski definition) is 1. The van der Waals surface area contributed by atoms with Crippen LogP contribution in [-0.4, -0.2) is 14.8 Å². The minimum Gasteiger partial charge on any atom is -0.324 e. The Morgan fingerprint density at radius 1 is 1.09 bits per heavy atom. The van der Waals surface area contributed by atoms with Crippen LogP contribution in [-0.2, 0) is 0 Å². The second-order valence-electron chi connectivity index (χ2n) is 5.54. The van der Waals surface area contributed by atoms with E-state index >= 15 is 0 Å². The van der Waals surface area contributed by atoms with Crippen molar-refractivity contribution in [3.05, 3.63) is 83.4 Å². The van der Waals surface area contributed by atoms with Crippen LogP contribution < -0.4 is 5.32 Å². The van der Waals surface area contributed by atoms with E-state index in [1.54, 1.807) is 12.1 Å². The van der Waals surface area contributed by atoms with E-state index in [9.17, 15) is 4.39 Å². The van der Waals surface area contributed by atoms with Crippen LogP contribution in [0.2, 0.25) is 0 Å². The molecule has 2 aromatic carbocycles. The Balaban J connectivity index is 1.83. The highest BCUT2D eigenvalue weighted by Gasteiger charge is 2.24. The molecule has 0 unspecified atom stereocenters. The maximum absolute atomic E-state index is 13.2. The Morgan fingerprint density at radius 3 is 2.65 bits per heavy atom. The molecule has 0 saturated carbocycles. The summed E-state index contributed by atoms with van der Waals surface area (Å²) in [4.78, 5) is 4.28. The topological polar surface area (TPSA) is 42.7 Å². The molecule has 1 atom stereocenters. The molecule has 0 radical (unpaired) electrons. The van der Waals surface area contributed by atoms with Crippen molar-refractivity contribution in [2.24, 2.45) is 0 Å². The number of rotatable bonds is 2. The van der Waals surface area contributed by atoms with Gasteiger partial charge >= 0.3 is 0 Å². The fraction of sp³-hybridized carbons (Fsp3) is 0.111. The largest absolute Gasteiger partial charge is 0.324 e. The monoisotopic (exact) mass is 306 g/mol. The summed E-state index contributed by atoms with van der Waals surface area (Å²) in [5, 5.41) is 7.60. The molecule has 4 nitrogen and oxygen atoms in total. The van der Waals surface area contributed by atoms with E-state index in [0.717, 1.165) is 11.3 Å². The zero-order valence-electron chi connectivity index (χ0n) is 12.6. The third-order valence-corrected chi connectivity index (χ3v) is 4.07. The SMILES string of the molecule is Cc1ccccc1[C@@H]1C=C(c2ccc(F)cc2)Nc2ncnn21. The van der Waals surface area contributed by atoms with E-state index in [-0.39, 0.29) is 11.9 Å². The summed E-state index contributed by atoms with van der Waals surface area (Å²) in [5.41, 5.74) is 4.17. The van der Waals surface area contributed by atoms with Gasteiger partial charge in [-0.05, 0) is 54.0 Å². The second-order valence-corrected chi connectivity index (χ2v) is 5.54. The Labute approximate surface area is 133 Å². The van der Waals surface area contributed by atoms with Gasteiger partial charge in [0.2, 0.25) is 5.95 Å². The molecule has 0 fully saturated rings. The first-order valence-electron chi connectivity index (χ1n) is 7.42. The number of nitrogens with one attached hydrogen (secondary N) is 1. The van der Waals surface area contributed by atoms with Crippen LogP contribution >= 0.6 is 0 Å². The Hall–Kier alpha value is -2.95. The molecular formula is C18H15FN4. The minimum atomic E-state index is -0.246. The van der Waals surface area contributed by atoms with Crippen LogP contribution in [0.3, 0.4) is 0 Å². The highest BCUT2D eigenvalue weighted by Crippen LogP contribution is 2.33. The lowest BCUT2D eigenvalue weighted by molar-refractivity contribution is 0.609. The van der Waals surface area contributed by atoms with Crippen molar-refractivity contribution in [1.82, 2.24) is 14.8 Å². The van der Waals surface area contributed by atoms with E-state index < -0.39 is 0 Å². The molecule has 1 aromatic heterocycles. The van der Waals surface area contributed by atoms with Gasteiger partial charge in [-0.1, -0.05) is 24.3 Å². The molecule has 3 aromatic rings. The zero-order chi connectivity index (χ0) is 15.8. The lowest BCUT2D eigenvalue weighted by Crippen LogP contribution is -2.20. The van der Waals surface area contributed by atoms with Crippen LogP contribution in [0.5, 0.6) is 0 Å². The second kappa shape index (κ2) is 5.35. The van der Waals surface area contributed by atoms with E-state index in [1.165, 1.54) is 29.6 Å². The number of hydrogen-bond acceptors (Lipinski definition) is 3. The molecule has 5 heteroatoms. The zero-order valence-corrected chi connectivity index (χ0v) is 12.6. The molecule has 0 bridgehead atoms. The molecule has 0 saturated heterocycles. The number of aromatic nitrogens is 3. The maximum atomic E-state index is 13.2. The van der Waals surface area contributed by atoms with Crippen LogP contribution in [0.15, 0.2) is 60.9 Å². The van der Waals surface area contributed by atoms with Gasteiger partial charge in [0.15, 0.2) is 0 Å². The Kier molecular flexibility index (Phi) is 3.19. The van der Waals surface area contributed by atoms with Gasteiger partial charge in [-0.2, -0.15) is 10.1 Å². The van der Waals surface area contributed by atoms with Crippen molar-refractivity contribution in [1.29, 1.82) is 0 Å². The highest BCUT2D eigenvalue weighted by atomic mass is 19.1. The van der Waals surface area contributed by atoms with Crippen LogP contribution in [0.1, 0.15) is 22.7 Å². The van der Waals surface area contributed by atoms with Crippen molar-refractivity contribution in [3.63, 3.8) is 0 Å². The summed E-state index contributed by atoms with van der Waals surface area (Å²) in [6, 6.07) is 14.6. The lowest BCUT2D eigenvalue weighted by atomic mass is 9.98. The summed E-state index contributed by atoms with van der Waals surface area (Å²) in [6.45, 7) is 2.08. The number of fused-ring (bicyclic) bond motifs is 1. The van der Waals surface area contributed by atoms with Gasteiger partial charge in [-0.3, -0.25) is 0 Å². The van der Waals surface area contributed by atoms with Gasteiger partial charge in [-0.25, -0.2) is 9.07 Å². The molecule has 0 spiro atoms. The molecule has 0 aliphatic carbocycles. The van der Waals surface area contributed by atoms with Gasteiger partial charge in [-0.15, -0.1) is 0 Å². The predicted octanol–water partition coefficient (Wildman–Crippen LogP) is 3.78. The van der Waals surface area contributed by atoms with E-state index in [0.29, 0.717) is 5.95 Å². The van der Waals surface area contributed by atoms with Gasteiger partial charge in [0.05, 0.1) is 0 Å². The highest BCUT2D eigenvalue weighted by molar-refractivity contribution is 5.77. The fourth-order valence-electron chi connectivity index (χ4n) is 2.87. The first-order chi connectivity index (χ1) is 11.2. The third-order valence-electron chi connectivity index (χ3n) is 4.07. The molecule has 4 rings (SSSR count). The number of anilines is 1. The standard InChI is InChI=1S/C18H15FN4/c1-12-4-2-3-5-15(12)17-10-16(13-6-8-14(19)9-7-13)22-18-20-11-21-23(17)18/h2-11,17H,1H3,(H,20,21,22)/t17-/m0/s1. The molecule has 23 heavy (non-hydrogen) atoms. The minimum absolute atomic E-state index is 0.0463. The van der Waals surface area contributed by atoms with E-state index in [1.807, 2.05) is 16.8 Å². The number of halogens is 1. The Bertz CT molecular complexity index is 880. The van der Waals surface area contributed by atoms with Crippen LogP contribution in [0.4, 0.5) is 10.3 Å². The molecule has 0 amide bonds. The molecule has 2 heterocycles. The quantitative estimate of drug-likeness (QED) is 0.783. The lowest BCUT2D eigenvalue weighted by Gasteiger charge is -2.25. The van der Waals surface area contributed by atoms with Crippen LogP contribution in [0.25, 0.3) is 5.70 Å². The number of aryl methyl sites for hydroxylation is 1.